The quantitative estimate of drug-likeness (QED) is 0.501. The van der Waals surface area contributed by atoms with Crippen LogP contribution < -0.4 is 9.64 Å². The van der Waals surface area contributed by atoms with E-state index >= 15 is 0 Å². The second kappa shape index (κ2) is 9.16. The molecule has 0 N–H and O–H groups in total. The highest BCUT2D eigenvalue weighted by atomic mass is 35.5. The molecule has 0 unspecified atom stereocenters. The zero-order valence-corrected chi connectivity index (χ0v) is 19.0. The average Bonchev–Trinajstić information content (AvgIpc) is 2.77. The Morgan fingerprint density at radius 2 is 1.65 bits per heavy atom. The van der Waals surface area contributed by atoms with Crippen LogP contribution in [0.15, 0.2) is 54.7 Å². The molecule has 0 aliphatic carbocycles. The predicted octanol–water partition coefficient (Wildman–Crippen LogP) is 5.76. The summed E-state index contributed by atoms with van der Waals surface area (Å²) in [7, 11) is 0. The van der Waals surface area contributed by atoms with Crippen molar-refractivity contribution in [3.8, 4) is 11.6 Å². The van der Waals surface area contributed by atoms with Crippen molar-refractivity contribution in [3.63, 3.8) is 0 Å². The Morgan fingerprint density at radius 3 is 2.39 bits per heavy atom. The molecule has 5 nitrogen and oxygen atoms in total. The minimum absolute atomic E-state index is 0.0859. The van der Waals surface area contributed by atoms with E-state index in [-0.39, 0.29) is 5.91 Å². The van der Waals surface area contributed by atoms with Crippen molar-refractivity contribution in [2.45, 2.75) is 13.8 Å². The summed E-state index contributed by atoms with van der Waals surface area (Å²) in [5, 5.41) is 1.35. The highest BCUT2D eigenvalue weighted by Gasteiger charge is 2.26. The third-order valence-electron chi connectivity index (χ3n) is 5.42. The number of carbonyl (C=O) groups is 1. The van der Waals surface area contributed by atoms with Crippen LogP contribution in [0.25, 0.3) is 0 Å². The molecule has 0 spiro atoms. The van der Waals surface area contributed by atoms with Gasteiger partial charge in [0.05, 0.1) is 0 Å². The van der Waals surface area contributed by atoms with Crippen LogP contribution in [0.1, 0.15) is 21.5 Å². The van der Waals surface area contributed by atoms with E-state index in [1.54, 1.807) is 30.5 Å². The summed E-state index contributed by atoms with van der Waals surface area (Å²) >= 11 is 12.2. The summed E-state index contributed by atoms with van der Waals surface area (Å²) in [6.07, 6.45) is 1.62. The summed E-state index contributed by atoms with van der Waals surface area (Å²) in [5.41, 5.74) is 3.61. The summed E-state index contributed by atoms with van der Waals surface area (Å²) < 4.78 is 5.98. The van der Waals surface area contributed by atoms with Crippen molar-refractivity contribution >= 4 is 34.8 Å². The van der Waals surface area contributed by atoms with Crippen molar-refractivity contribution in [3.05, 3.63) is 81.5 Å². The van der Waals surface area contributed by atoms with Crippen LogP contribution in [0, 0.1) is 13.8 Å². The third-order valence-corrected chi connectivity index (χ3v) is 5.89. The maximum absolute atomic E-state index is 13.3. The van der Waals surface area contributed by atoms with Crippen molar-refractivity contribution in [2.75, 3.05) is 31.1 Å². The van der Waals surface area contributed by atoms with Gasteiger partial charge in [0.1, 0.15) is 11.3 Å². The average molecular weight is 456 g/mol. The molecule has 1 saturated heterocycles. The van der Waals surface area contributed by atoms with E-state index in [9.17, 15) is 4.79 Å². The zero-order chi connectivity index (χ0) is 22.0. The van der Waals surface area contributed by atoms with Crippen LogP contribution >= 0.6 is 23.2 Å². The standard InChI is InChI=1S/C24H23Cl2N3O2/c1-16-5-6-19(26)15-21(16)28-10-12-29(13-11-28)24(30)20-4-3-9-27-23(20)31-22-8-7-18(25)14-17(22)2/h3-9,14-15H,10-13H2,1-2H3. The van der Waals surface area contributed by atoms with Gasteiger partial charge in [-0.3, -0.25) is 4.79 Å². The third kappa shape index (κ3) is 4.78. The molecule has 1 aliphatic heterocycles. The first-order chi connectivity index (χ1) is 14.9. The smallest absolute Gasteiger partial charge is 0.259 e. The monoisotopic (exact) mass is 455 g/mol. The van der Waals surface area contributed by atoms with Crippen LogP contribution in [0.3, 0.4) is 0 Å². The summed E-state index contributed by atoms with van der Waals surface area (Å²) in [6, 6.07) is 14.8. The van der Waals surface area contributed by atoms with Gasteiger partial charge in [-0.05, 0) is 67.4 Å². The van der Waals surface area contributed by atoms with Crippen LogP contribution in [0.5, 0.6) is 11.6 Å². The molecule has 0 radical (unpaired) electrons. The minimum atomic E-state index is -0.0859. The number of ether oxygens (including phenoxy) is 1. The largest absolute Gasteiger partial charge is 0.438 e. The Bertz CT molecular complexity index is 1110. The van der Waals surface area contributed by atoms with E-state index in [0.29, 0.717) is 40.3 Å². The van der Waals surface area contributed by atoms with Gasteiger partial charge >= 0.3 is 0 Å². The topological polar surface area (TPSA) is 45.7 Å². The Balaban J connectivity index is 1.49. The van der Waals surface area contributed by atoms with Crippen LogP contribution in [-0.4, -0.2) is 42.0 Å². The molecule has 7 heteroatoms. The Labute approximate surface area is 192 Å². The van der Waals surface area contributed by atoms with Gasteiger partial charge in [-0.2, -0.15) is 0 Å². The molecule has 4 rings (SSSR count). The lowest BCUT2D eigenvalue weighted by atomic mass is 10.1. The van der Waals surface area contributed by atoms with Gasteiger partial charge in [-0.1, -0.05) is 29.3 Å². The lowest BCUT2D eigenvalue weighted by molar-refractivity contribution is 0.0743. The maximum atomic E-state index is 13.3. The molecule has 1 amide bonds. The predicted molar refractivity (Wildman–Crippen MR) is 125 cm³/mol. The Morgan fingerprint density at radius 1 is 0.935 bits per heavy atom. The maximum Gasteiger partial charge on any atom is 0.259 e. The van der Waals surface area contributed by atoms with Gasteiger partial charge in [0.25, 0.3) is 5.91 Å². The molecule has 0 saturated carbocycles. The zero-order valence-electron chi connectivity index (χ0n) is 17.4. The van der Waals surface area contributed by atoms with Crippen LogP contribution in [0.2, 0.25) is 10.0 Å². The van der Waals surface area contributed by atoms with E-state index in [1.165, 1.54) is 5.56 Å². The van der Waals surface area contributed by atoms with E-state index in [1.807, 2.05) is 36.1 Å². The molecule has 1 aliphatic rings. The van der Waals surface area contributed by atoms with Gasteiger partial charge in [-0.15, -0.1) is 0 Å². The first-order valence-corrected chi connectivity index (χ1v) is 10.9. The normalized spacial score (nSPS) is 13.9. The SMILES string of the molecule is Cc1cc(Cl)ccc1Oc1ncccc1C(=O)N1CCN(c2cc(Cl)ccc2C)CC1. The van der Waals surface area contributed by atoms with Crippen molar-refractivity contribution in [1.29, 1.82) is 0 Å². The van der Waals surface area contributed by atoms with E-state index in [0.717, 1.165) is 24.3 Å². The fourth-order valence-corrected chi connectivity index (χ4v) is 4.10. The number of piperazine rings is 1. The van der Waals surface area contributed by atoms with Gasteiger partial charge in [0.15, 0.2) is 0 Å². The van der Waals surface area contributed by atoms with Crippen molar-refractivity contribution in [2.24, 2.45) is 0 Å². The van der Waals surface area contributed by atoms with E-state index in [4.69, 9.17) is 27.9 Å². The number of aromatic nitrogens is 1. The molecule has 0 atom stereocenters. The molecule has 1 aromatic heterocycles. The van der Waals surface area contributed by atoms with Gasteiger partial charge < -0.3 is 14.5 Å². The summed E-state index contributed by atoms with van der Waals surface area (Å²) in [6.45, 7) is 6.67. The number of hydrogen-bond donors (Lipinski definition) is 0. The fraction of sp³-hybridized carbons (Fsp3) is 0.250. The van der Waals surface area contributed by atoms with Gasteiger partial charge in [0, 0.05) is 48.1 Å². The van der Waals surface area contributed by atoms with E-state index in [2.05, 4.69) is 16.8 Å². The van der Waals surface area contributed by atoms with Crippen LogP contribution in [-0.2, 0) is 0 Å². The number of rotatable bonds is 4. The lowest BCUT2D eigenvalue weighted by Crippen LogP contribution is -2.49. The number of carbonyl (C=O) groups excluding carboxylic acids is 1. The molecule has 160 valence electrons. The Hall–Kier alpha value is -2.76. The highest BCUT2D eigenvalue weighted by Crippen LogP contribution is 2.30. The molecule has 31 heavy (non-hydrogen) atoms. The molecule has 3 aromatic rings. The summed E-state index contributed by atoms with van der Waals surface area (Å²) in [4.78, 5) is 21.7. The Kier molecular flexibility index (Phi) is 6.35. The van der Waals surface area contributed by atoms with Crippen molar-refractivity contribution in [1.82, 2.24) is 9.88 Å². The second-order valence-electron chi connectivity index (χ2n) is 7.58. The van der Waals surface area contributed by atoms with Gasteiger partial charge in [0.2, 0.25) is 5.88 Å². The van der Waals surface area contributed by atoms with E-state index < -0.39 is 0 Å². The van der Waals surface area contributed by atoms with Crippen LogP contribution in [0.4, 0.5) is 5.69 Å². The molecule has 2 aromatic carbocycles. The highest BCUT2D eigenvalue weighted by molar-refractivity contribution is 6.31. The van der Waals surface area contributed by atoms with Gasteiger partial charge in [-0.25, -0.2) is 4.98 Å². The first-order valence-electron chi connectivity index (χ1n) is 10.1. The number of halogens is 2. The minimum Gasteiger partial charge on any atom is -0.438 e. The second-order valence-corrected chi connectivity index (χ2v) is 8.45. The molecule has 2 heterocycles. The lowest BCUT2D eigenvalue weighted by Gasteiger charge is -2.37. The molecular weight excluding hydrogens is 433 g/mol. The number of pyridine rings is 1. The number of anilines is 1. The van der Waals surface area contributed by atoms with Crippen molar-refractivity contribution < 1.29 is 9.53 Å². The molecular formula is C24H23Cl2N3O2. The first kappa shape index (κ1) is 21.5. The number of benzene rings is 2. The molecule has 1 fully saturated rings. The number of nitrogens with zero attached hydrogens (tertiary/aromatic N) is 3. The fourth-order valence-electron chi connectivity index (χ4n) is 3.71. The number of amides is 1. The summed E-state index contributed by atoms with van der Waals surface area (Å²) in [5.74, 6) is 0.835. The number of aryl methyl sites for hydroxylation is 2. The molecule has 0 bridgehead atoms. The number of hydrogen-bond acceptors (Lipinski definition) is 4.